The van der Waals surface area contributed by atoms with E-state index >= 15 is 0 Å². The highest BCUT2D eigenvalue weighted by Crippen LogP contribution is 2.15. The number of hydrogen-bond donors (Lipinski definition) is 0. The second kappa shape index (κ2) is 3.91. The summed E-state index contributed by atoms with van der Waals surface area (Å²) < 4.78 is 7.97. The molecule has 0 bridgehead atoms. The molecule has 0 saturated heterocycles. The van der Waals surface area contributed by atoms with E-state index in [9.17, 15) is 0 Å². The second-order valence-electron chi connectivity index (χ2n) is 2.64. The standard InChI is InChI=1S/C8H7IN4O/c1-13-5-7(4-12-13)14-8-10-2-6(9)3-11-8/h2-5H,1H3. The highest BCUT2D eigenvalue weighted by Gasteiger charge is 2.01. The van der Waals surface area contributed by atoms with Crippen molar-refractivity contribution in [1.82, 2.24) is 19.7 Å². The fraction of sp³-hybridized carbons (Fsp3) is 0.125. The number of rotatable bonds is 2. The Hall–Kier alpha value is -1.18. The molecule has 2 aromatic heterocycles. The van der Waals surface area contributed by atoms with Crippen LogP contribution in [0.3, 0.4) is 0 Å². The predicted molar refractivity (Wildman–Crippen MR) is 58.0 cm³/mol. The van der Waals surface area contributed by atoms with Gasteiger partial charge in [-0.2, -0.15) is 5.10 Å². The summed E-state index contributed by atoms with van der Waals surface area (Å²) in [4.78, 5) is 8.01. The molecule has 2 rings (SSSR count). The van der Waals surface area contributed by atoms with E-state index in [1.165, 1.54) is 0 Å². The highest BCUT2D eigenvalue weighted by molar-refractivity contribution is 14.1. The van der Waals surface area contributed by atoms with E-state index in [4.69, 9.17) is 4.74 Å². The van der Waals surface area contributed by atoms with Crippen LogP contribution < -0.4 is 4.74 Å². The van der Waals surface area contributed by atoms with Crippen LogP contribution in [0, 0.1) is 3.57 Å². The Morgan fingerprint density at radius 1 is 1.29 bits per heavy atom. The van der Waals surface area contributed by atoms with Gasteiger partial charge in [-0.15, -0.1) is 0 Å². The van der Waals surface area contributed by atoms with Crippen molar-refractivity contribution < 1.29 is 4.74 Å². The van der Waals surface area contributed by atoms with E-state index in [0.29, 0.717) is 11.8 Å². The molecule has 14 heavy (non-hydrogen) atoms. The Labute approximate surface area is 94.3 Å². The van der Waals surface area contributed by atoms with Crippen LogP contribution in [0.4, 0.5) is 0 Å². The van der Waals surface area contributed by atoms with Crippen molar-refractivity contribution in [3.8, 4) is 11.8 Å². The van der Waals surface area contributed by atoms with Crippen LogP contribution in [-0.4, -0.2) is 19.7 Å². The Morgan fingerprint density at radius 3 is 2.57 bits per heavy atom. The smallest absolute Gasteiger partial charge is 0.322 e. The summed E-state index contributed by atoms with van der Waals surface area (Å²) in [6.07, 6.45) is 6.75. The number of hydrogen-bond acceptors (Lipinski definition) is 4. The van der Waals surface area contributed by atoms with Gasteiger partial charge in [0.15, 0.2) is 5.75 Å². The van der Waals surface area contributed by atoms with Crippen LogP contribution in [0.1, 0.15) is 0 Å². The summed E-state index contributed by atoms with van der Waals surface area (Å²) in [6.45, 7) is 0. The maximum atomic E-state index is 5.35. The molecule has 0 atom stereocenters. The molecule has 5 nitrogen and oxygen atoms in total. The molecule has 0 N–H and O–H groups in total. The number of ether oxygens (including phenoxy) is 1. The minimum atomic E-state index is 0.332. The van der Waals surface area contributed by atoms with Gasteiger partial charge in [0.05, 0.1) is 12.4 Å². The van der Waals surface area contributed by atoms with Crippen molar-refractivity contribution in [2.24, 2.45) is 7.05 Å². The summed E-state index contributed by atoms with van der Waals surface area (Å²) in [6, 6.07) is 0.332. The average Bonchev–Trinajstić information content (AvgIpc) is 2.56. The Morgan fingerprint density at radius 2 is 2.00 bits per heavy atom. The van der Waals surface area contributed by atoms with Gasteiger partial charge in [0, 0.05) is 23.0 Å². The lowest BCUT2D eigenvalue weighted by Crippen LogP contribution is -1.90. The lowest BCUT2D eigenvalue weighted by molar-refractivity contribution is 0.441. The SMILES string of the molecule is Cn1cc(Oc2ncc(I)cn2)cn1. The number of nitrogens with zero attached hydrogens (tertiary/aromatic N) is 4. The molecule has 2 heterocycles. The average molecular weight is 302 g/mol. The molecular weight excluding hydrogens is 295 g/mol. The van der Waals surface area contributed by atoms with Crippen LogP contribution in [-0.2, 0) is 7.05 Å². The van der Waals surface area contributed by atoms with Gasteiger partial charge < -0.3 is 4.74 Å². The fourth-order valence-electron chi connectivity index (χ4n) is 0.910. The van der Waals surface area contributed by atoms with Crippen molar-refractivity contribution in [2.45, 2.75) is 0 Å². The number of aryl methyl sites for hydroxylation is 1. The number of aromatic nitrogens is 4. The Kier molecular flexibility index (Phi) is 2.62. The van der Waals surface area contributed by atoms with E-state index < -0.39 is 0 Å². The van der Waals surface area contributed by atoms with E-state index in [1.807, 2.05) is 7.05 Å². The minimum Gasteiger partial charge on any atom is -0.421 e. The summed E-state index contributed by atoms with van der Waals surface area (Å²) in [5, 5.41) is 3.96. The Bertz CT molecular complexity index is 425. The zero-order valence-corrected chi connectivity index (χ0v) is 9.54. The summed E-state index contributed by atoms with van der Waals surface area (Å²) in [5.74, 6) is 0.633. The molecule has 6 heteroatoms. The third-order valence-electron chi connectivity index (χ3n) is 1.49. The first kappa shape index (κ1) is 9.38. The number of halogens is 1. The van der Waals surface area contributed by atoms with Gasteiger partial charge in [0.2, 0.25) is 0 Å². The summed E-state index contributed by atoms with van der Waals surface area (Å²) in [5.41, 5.74) is 0. The first-order valence-electron chi connectivity index (χ1n) is 3.88. The highest BCUT2D eigenvalue weighted by atomic mass is 127. The van der Waals surface area contributed by atoms with Crippen molar-refractivity contribution in [3.63, 3.8) is 0 Å². The molecule has 0 spiro atoms. The molecule has 0 fully saturated rings. The maximum absolute atomic E-state index is 5.35. The van der Waals surface area contributed by atoms with E-state index in [-0.39, 0.29) is 0 Å². The van der Waals surface area contributed by atoms with Crippen LogP contribution in [0.25, 0.3) is 0 Å². The molecule has 72 valence electrons. The van der Waals surface area contributed by atoms with Crippen molar-refractivity contribution in [3.05, 3.63) is 28.4 Å². The molecule has 0 saturated carbocycles. The van der Waals surface area contributed by atoms with Gasteiger partial charge in [-0.3, -0.25) is 4.68 Å². The zero-order chi connectivity index (χ0) is 9.97. The first-order chi connectivity index (χ1) is 6.74. The molecule has 0 aliphatic rings. The lowest BCUT2D eigenvalue weighted by Gasteiger charge is -1.98. The molecule has 0 aliphatic heterocycles. The third kappa shape index (κ3) is 2.19. The summed E-state index contributed by atoms with van der Waals surface area (Å²) >= 11 is 2.13. The maximum Gasteiger partial charge on any atom is 0.322 e. The topological polar surface area (TPSA) is 52.8 Å². The van der Waals surface area contributed by atoms with Crippen molar-refractivity contribution in [1.29, 1.82) is 0 Å². The monoisotopic (exact) mass is 302 g/mol. The lowest BCUT2D eigenvalue weighted by atomic mass is 10.6. The van der Waals surface area contributed by atoms with Crippen LogP contribution in [0.2, 0.25) is 0 Å². The van der Waals surface area contributed by atoms with E-state index in [0.717, 1.165) is 3.57 Å². The molecule has 0 aromatic carbocycles. The normalized spacial score (nSPS) is 10.1. The first-order valence-corrected chi connectivity index (χ1v) is 4.96. The second-order valence-corrected chi connectivity index (χ2v) is 3.88. The predicted octanol–water partition coefficient (Wildman–Crippen LogP) is 1.61. The van der Waals surface area contributed by atoms with Gasteiger partial charge in [-0.25, -0.2) is 9.97 Å². The molecular formula is C8H7IN4O. The fourth-order valence-corrected chi connectivity index (χ4v) is 1.19. The van der Waals surface area contributed by atoms with Crippen LogP contribution in [0.5, 0.6) is 11.8 Å². The zero-order valence-electron chi connectivity index (χ0n) is 7.38. The molecule has 2 aromatic rings. The summed E-state index contributed by atoms with van der Waals surface area (Å²) in [7, 11) is 1.82. The van der Waals surface area contributed by atoms with Crippen LogP contribution >= 0.6 is 22.6 Å². The minimum absolute atomic E-state index is 0.332. The molecule has 0 aliphatic carbocycles. The third-order valence-corrected chi connectivity index (χ3v) is 2.04. The molecule has 0 amide bonds. The van der Waals surface area contributed by atoms with Crippen molar-refractivity contribution >= 4 is 22.6 Å². The molecule has 0 unspecified atom stereocenters. The van der Waals surface area contributed by atoms with Gasteiger partial charge in [0.1, 0.15) is 0 Å². The largest absolute Gasteiger partial charge is 0.421 e. The van der Waals surface area contributed by atoms with E-state index in [1.54, 1.807) is 29.5 Å². The van der Waals surface area contributed by atoms with Gasteiger partial charge in [-0.1, -0.05) is 0 Å². The molecule has 0 radical (unpaired) electrons. The quantitative estimate of drug-likeness (QED) is 0.791. The van der Waals surface area contributed by atoms with Gasteiger partial charge in [0.25, 0.3) is 0 Å². The van der Waals surface area contributed by atoms with Crippen LogP contribution in [0.15, 0.2) is 24.8 Å². The Balaban J connectivity index is 2.15. The van der Waals surface area contributed by atoms with Gasteiger partial charge >= 0.3 is 6.01 Å². The van der Waals surface area contributed by atoms with E-state index in [2.05, 4.69) is 37.7 Å². The van der Waals surface area contributed by atoms with Gasteiger partial charge in [-0.05, 0) is 22.6 Å². The van der Waals surface area contributed by atoms with Crippen molar-refractivity contribution in [2.75, 3.05) is 0 Å².